The molecular formula is C14H17N5O. The van der Waals surface area contributed by atoms with Gasteiger partial charge in [0.05, 0.1) is 11.6 Å². The highest BCUT2D eigenvalue weighted by atomic mass is 16.2. The first kappa shape index (κ1) is 12.8. The van der Waals surface area contributed by atoms with Gasteiger partial charge in [-0.3, -0.25) is 14.9 Å². The summed E-state index contributed by atoms with van der Waals surface area (Å²) in [5.74, 6) is 0.779. The summed E-state index contributed by atoms with van der Waals surface area (Å²) in [4.78, 5) is 22.9. The van der Waals surface area contributed by atoms with E-state index in [2.05, 4.69) is 20.2 Å². The molecule has 104 valence electrons. The first-order chi connectivity index (χ1) is 9.75. The number of aryl methyl sites for hydroxylation is 1. The second-order valence-electron chi connectivity index (χ2n) is 5.13. The number of aromatic nitrogens is 4. The van der Waals surface area contributed by atoms with Gasteiger partial charge in [-0.25, -0.2) is 4.98 Å². The molecule has 1 atom stereocenters. The minimum atomic E-state index is -0.0146. The van der Waals surface area contributed by atoms with Gasteiger partial charge < -0.3 is 4.90 Å². The molecular weight excluding hydrogens is 254 g/mol. The Morgan fingerprint density at radius 2 is 2.30 bits per heavy atom. The lowest BCUT2D eigenvalue weighted by Gasteiger charge is -2.34. The molecule has 0 saturated carbocycles. The van der Waals surface area contributed by atoms with E-state index in [4.69, 9.17) is 0 Å². The first-order valence-corrected chi connectivity index (χ1v) is 6.83. The Labute approximate surface area is 117 Å². The van der Waals surface area contributed by atoms with Crippen molar-refractivity contribution in [2.24, 2.45) is 0 Å². The van der Waals surface area contributed by atoms with Crippen LogP contribution in [0.4, 0.5) is 0 Å². The average molecular weight is 271 g/mol. The van der Waals surface area contributed by atoms with Crippen molar-refractivity contribution in [2.75, 3.05) is 6.54 Å². The average Bonchev–Trinajstić information content (AvgIpc) is 3.00. The molecule has 2 aromatic heterocycles. The van der Waals surface area contributed by atoms with Crippen LogP contribution in [-0.2, 0) is 0 Å². The number of hydrogen-bond donors (Lipinski definition) is 1. The van der Waals surface area contributed by atoms with Crippen molar-refractivity contribution in [3.05, 3.63) is 41.7 Å². The molecule has 2 aromatic rings. The maximum absolute atomic E-state index is 12.7. The van der Waals surface area contributed by atoms with E-state index in [9.17, 15) is 4.79 Å². The summed E-state index contributed by atoms with van der Waals surface area (Å²) < 4.78 is 0. The zero-order valence-corrected chi connectivity index (χ0v) is 11.4. The third-order valence-corrected chi connectivity index (χ3v) is 3.63. The number of H-pyrrole nitrogens is 1. The Bertz CT molecular complexity index is 595. The Hall–Kier alpha value is -2.24. The predicted octanol–water partition coefficient (Wildman–Crippen LogP) is 1.88. The van der Waals surface area contributed by atoms with Crippen molar-refractivity contribution in [2.45, 2.75) is 32.2 Å². The molecule has 1 amide bonds. The normalized spacial score (nSPS) is 19.1. The lowest BCUT2D eigenvalue weighted by Crippen LogP contribution is -2.39. The maximum Gasteiger partial charge on any atom is 0.256 e. The summed E-state index contributed by atoms with van der Waals surface area (Å²) in [7, 11) is 0. The molecule has 6 nitrogen and oxygen atoms in total. The highest BCUT2D eigenvalue weighted by Gasteiger charge is 2.30. The Kier molecular flexibility index (Phi) is 3.45. The third-order valence-electron chi connectivity index (χ3n) is 3.63. The summed E-state index contributed by atoms with van der Waals surface area (Å²) in [6.07, 6.45) is 7.90. The van der Waals surface area contributed by atoms with E-state index in [0.717, 1.165) is 37.2 Å². The standard InChI is InChI=1S/C14H17N5O/c1-10-6-11(8-15-7-10)14(20)19-5-3-2-4-12(19)13-16-9-17-18-13/h6-9,12H,2-5H2,1H3,(H,16,17,18)/t12-/m1/s1. The molecule has 3 rings (SSSR count). The van der Waals surface area contributed by atoms with Crippen molar-refractivity contribution in [3.63, 3.8) is 0 Å². The summed E-state index contributed by atoms with van der Waals surface area (Å²) in [6.45, 7) is 2.69. The fraction of sp³-hybridized carbons (Fsp3) is 0.429. The van der Waals surface area contributed by atoms with E-state index in [1.807, 2.05) is 17.9 Å². The molecule has 0 aromatic carbocycles. The van der Waals surface area contributed by atoms with Gasteiger partial charge in [0.15, 0.2) is 0 Å². The molecule has 1 aliphatic rings. The molecule has 1 aliphatic heterocycles. The van der Waals surface area contributed by atoms with Gasteiger partial charge in [0.25, 0.3) is 5.91 Å². The topological polar surface area (TPSA) is 74.8 Å². The van der Waals surface area contributed by atoms with E-state index in [1.54, 1.807) is 12.4 Å². The third kappa shape index (κ3) is 2.41. The van der Waals surface area contributed by atoms with Crippen LogP contribution < -0.4 is 0 Å². The van der Waals surface area contributed by atoms with Gasteiger partial charge in [0.1, 0.15) is 12.2 Å². The number of likely N-dealkylation sites (tertiary alicyclic amines) is 1. The van der Waals surface area contributed by atoms with Crippen LogP contribution in [0.1, 0.15) is 47.1 Å². The number of carbonyl (C=O) groups is 1. The molecule has 0 spiro atoms. The van der Waals surface area contributed by atoms with Crippen LogP contribution >= 0.6 is 0 Å². The zero-order valence-electron chi connectivity index (χ0n) is 11.4. The van der Waals surface area contributed by atoms with Crippen LogP contribution in [0.25, 0.3) is 0 Å². The van der Waals surface area contributed by atoms with E-state index in [1.165, 1.54) is 6.33 Å². The first-order valence-electron chi connectivity index (χ1n) is 6.83. The van der Waals surface area contributed by atoms with E-state index >= 15 is 0 Å². The van der Waals surface area contributed by atoms with Gasteiger partial charge in [-0.2, -0.15) is 5.10 Å². The molecule has 0 radical (unpaired) electrons. The number of amides is 1. The van der Waals surface area contributed by atoms with Gasteiger partial charge in [0.2, 0.25) is 0 Å². The van der Waals surface area contributed by atoms with Crippen LogP contribution in [-0.4, -0.2) is 37.5 Å². The number of nitrogens with zero attached hydrogens (tertiary/aromatic N) is 4. The number of hydrogen-bond acceptors (Lipinski definition) is 4. The van der Waals surface area contributed by atoms with Crippen molar-refractivity contribution >= 4 is 5.91 Å². The minimum absolute atomic E-state index is 0.0146. The lowest BCUT2D eigenvalue weighted by atomic mass is 10.0. The Morgan fingerprint density at radius 3 is 3.05 bits per heavy atom. The number of pyridine rings is 1. The summed E-state index contributed by atoms with van der Waals surface area (Å²) in [5.41, 5.74) is 1.63. The lowest BCUT2D eigenvalue weighted by molar-refractivity contribution is 0.0600. The second kappa shape index (κ2) is 5.40. The molecule has 6 heteroatoms. The van der Waals surface area contributed by atoms with Crippen molar-refractivity contribution < 1.29 is 4.79 Å². The fourth-order valence-electron chi connectivity index (χ4n) is 2.67. The van der Waals surface area contributed by atoms with Crippen molar-refractivity contribution in [3.8, 4) is 0 Å². The van der Waals surface area contributed by atoms with Gasteiger partial charge in [0, 0.05) is 18.9 Å². The molecule has 0 aliphatic carbocycles. The number of nitrogens with one attached hydrogen (secondary N) is 1. The largest absolute Gasteiger partial charge is 0.328 e. The van der Waals surface area contributed by atoms with E-state index < -0.39 is 0 Å². The van der Waals surface area contributed by atoms with Crippen LogP contribution in [0.2, 0.25) is 0 Å². The van der Waals surface area contributed by atoms with Gasteiger partial charge in [-0.05, 0) is 37.8 Å². The molecule has 1 saturated heterocycles. The zero-order chi connectivity index (χ0) is 13.9. The van der Waals surface area contributed by atoms with E-state index in [-0.39, 0.29) is 11.9 Å². The Morgan fingerprint density at radius 1 is 1.40 bits per heavy atom. The fourth-order valence-corrected chi connectivity index (χ4v) is 2.67. The van der Waals surface area contributed by atoms with Crippen LogP contribution in [0.15, 0.2) is 24.8 Å². The smallest absolute Gasteiger partial charge is 0.256 e. The number of rotatable bonds is 2. The molecule has 3 heterocycles. The quantitative estimate of drug-likeness (QED) is 0.904. The highest BCUT2D eigenvalue weighted by molar-refractivity contribution is 5.94. The molecule has 0 bridgehead atoms. The molecule has 1 N–H and O–H groups in total. The number of carbonyl (C=O) groups excluding carboxylic acids is 1. The Balaban J connectivity index is 1.88. The summed E-state index contributed by atoms with van der Waals surface area (Å²) >= 11 is 0. The van der Waals surface area contributed by atoms with Crippen molar-refractivity contribution in [1.82, 2.24) is 25.1 Å². The van der Waals surface area contributed by atoms with Gasteiger partial charge in [-0.1, -0.05) is 0 Å². The minimum Gasteiger partial charge on any atom is -0.328 e. The molecule has 1 fully saturated rings. The second-order valence-corrected chi connectivity index (χ2v) is 5.13. The van der Waals surface area contributed by atoms with Crippen LogP contribution in [0, 0.1) is 6.92 Å². The highest BCUT2D eigenvalue weighted by Crippen LogP contribution is 2.29. The van der Waals surface area contributed by atoms with Gasteiger partial charge >= 0.3 is 0 Å². The molecule has 0 unspecified atom stereocenters. The maximum atomic E-state index is 12.7. The number of aromatic amines is 1. The number of piperidine rings is 1. The SMILES string of the molecule is Cc1cncc(C(=O)N2CCCC[C@@H]2c2ncn[nH]2)c1. The molecule has 20 heavy (non-hydrogen) atoms. The van der Waals surface area contributed by atoms with Crippen molar-refractivity contribution in [1.29, 1.82) is 0 Å². The predicted molar refractivity (Wildman–Crippen MR) is 73.0 cm³/mol. The summed E-state index contributed by atoms with van der Waals surface area (Å²) in [5, 5.41) is 6.78. The monoisotopic (exact) mass is 271 g/mol. The van der Waals surface area contributed by atoms with E-state index in [0.29, 0.717) is 5.56 Å². The van der Waals surface area contributed by atoms with Crippen LogP contribution in [0.3, 0.4) is 0 Å². The van der Waals surface area contributed by atoms with Gasteiger partial charge in [-0.15, -0.1) is 0 Å². The summed E-state index contributed by atoms with van der Waals surface area (Å²) in [6, 6.07) is 1.86. The van der Waals surface area contributed by atoms with Crippen LogP contribution in [0.5, 0.6) is 0 Å².